The van der Waals surface area contributed by atoms with E-state index in [0.717, 1.165) is 16.5 Å². The Bertz CT molecular complexity index is 722. The highest BCUT2D eigenvalue weighted by Gasteiger charge is 2.06. The molecule has 0 spiro atoms. The summed E-state index contributed by atoms with van der Waals surface area (Å²) in [6, 6.07) is 15.1. The predicted molar refractivity (Wildman–Crippen MR) is 73.8 cm³/mol. The van der Waals surface area contributed by atoms with E-state index in [9.17, 15) is 0 Å². The van der Waals surface area contributed by atoms with Gasteiger partial charge < -0.3 is 11.5 Å². The van der Waals surface area contributed by atoms with E-state index in [2.05, 4.69) is 9.97 Å². The van der Waals surface area contributed by atoms with Crippen molar-refractivity contribution in [3.8, 4) is 11.4 Å². The van der Waals surface area contributed by atoms with Crippen LogP contribution in [-0.4, -0.2) is 9.97 Å². The molecule has 0 aliphatic heterocycles. The molecule has 2 aromatic carbocycles. The number of nitrogen functional groups attached to an aromatic ring is 2. The molecule has 3 rings (SSSR count). The van der Waals surface area contributed by atoms with Crippen LogP contribution in [0.2, 0.25) is 0 Å². The Morgan fingerprint density at radius 1 is 0.833 bits per heavy atom. The Kier molecular flexibility index (Phi) is 2.34. The number of nitrogens with two attached hydrogens (primary N) is 2. The lowest BCUT2D eigenvalue weighted by Gasteiger charge is -2.05. The van der Waals surface area contributed by atoms with Gasteiger partial charge in [-0.2, -0.15) is 0 Å². The van der Waals surface area contributed by atoms with Gasteiger partial charge >= 0.3 is 0 Å². The molecular weight excluding hydrogens is 224 g/mol. The first-order valence-corrected chi connectivity index (χ1v) is 5.62. The van der Waals surface area contributed by atoms with Crippen LogP contribution in [0, 0.1) is 0 Å². The highest BCUT2D eigenvalue weighted by atomic mass is 14.9. The van der Waals surface area contributed by atoms with Crippen molar-refractivity contribution in [2.24, 2.45) is 0 Å². The number of nitrogens with zero attached hydrogens (tertiary/aromatic N) is 2. The number of fused-ring (bicyclic) bond motifs is 1. The number of hydrogen-bond acceptors (Lipinski definition) is 4. The predicted octanol–water partition coefficient (Wildman–Crippen LogP) is 2.46. The van der Waals surface area contributed by atoms with Gasteiger partial charge in [0.25, 0.3) is 0 Å². The lowest BCUT2D eigenvalue weighted by Crippen LogP contribution is -1.98. The van der Waals surface area contributed by atoms with Crippen LogP contribution in [0.3, 0.4) is 0 Å². The summed E-state index contributed by atoms with van der Waals surface area (Å²) in [5.41, 5.74) is 14.1. The molecule has 0 unspecified atom stereocenters. The lowest BCUT2D eigenvalue weighted by molar-refractivity contribution is 1.23. The van der Waals surface area contributed by atoms with Gasteiger partial charge in [0.05, 0.1) is 5.52 Å². The number of benzene rings is 2. The van der Waals surface area contributed by atoms with Crippen LogP contribution in [0.1, 0.15) is 0 Å². The zero-order valence-electron chi connectivity index (χ0n) is 9.67. The second kappa shape index (κ2) is 4.00. The maximum absolute atomic E-state index is 5.95. The van der Waals surface area contributed by atoms with Gasteiger partial charge in [-0.15, -0.1) is 0 Å². The Morgan fingerprint density at radius 2 is 1.67 bits per heavy atom. The molecule has 1 heterocycles. The van der Waals surface area contributed by atoms with Gasteiger partial charge in [0.2, 0.25) is 0 Å². The van der Waals surface area contributed by atoms with E-state index in [1.165, 1.54) is 0 Å². The number of rotatable bonds is 1. The van der Waals surface area contributed by atoms with Gasteiger partial charge in [-0.1, -0.05) is 24.3 Å². The largest absolute Gasteiger partial charge is 0.399 e. The van der Waals surface area contributed by atoms with E-state index >= 15 is 0 Å². The highest BCUT2D eigenvalue weighted by molar-refractivity contribution is 5.89. The molecule has 4 N–H and O–H groups in total. The zero-order chi connectivity index (χ0) is 12.5. The monoisotopic (exact) mass is 236 g/mol. The molecule has 0 bridgehead atoms. The van der Waals surface area contributed by atoms with Crippen molar-refractivity contribution >= 4 is 22.4 Å². The van der Waals surface area contributed by atoms with Crippen molar-refractivity contribution in [1.82, 2.24) is 9.97 Å². The SMILES string of the molecule is Nc1cccc(-c2nc(N)c3ccccc3n2)c1. The van der Waals surface area contributed by atoms with Crippen molar-refractivity contribution in [3.63, 3.8) is 0 Å². The van der Waals surface area contributed by atoms with Crippen molar-refractivity contribution in [1.29, 1.82) is 0 Å². The molecule has 1 aromatic heterocycles. The van der Waals surface area contributed by atoms with Crippen LogP contribution in [0.4, 0.5) is 11.5 Å². The Morgan fingerprint density at radius 3 is 2.50 bits per heavy atom. The number of anilines is 2. The Hall–Kier alpha value is -2.62. The van der Waals surface area contributed by atoms with Crippen LogP contribution in [0.15, 0.2) is 48.5 Å². The molecular formula is C14H12N4. The van der Waals surface area contributed by atoms with Crippen LogP contribution < -0.4 is 11.5 Å². The molecule has 0 saturated carbocycles. The third-order valence-electron chi connectivity index (χ3n) is 2.78. The molecule has 0 saturated heterocycles. The fourth-order valence-electron chi connectivity index (χ4n) is 1.91. The second-order valence-corrected chi connectivity index (χ2v) is 4.08. The maximum Gasteiger partial charge on any atom is 0.162 e. The average molecular weight is 236 g/mol. The van der Waals surface area contributed by atoms with Crippen LogP contribution in [0.5, 0.6) is 0 Å². The summed E-state index contributed by atoms with van der Waals surface area (Å²) < 4.78 is 0. The molecule has 0 amide bonds. The smallest absolute Gasteiger partial charge is 0.162 e. The summed E-state index contributed by atoms with van der Waals surface area (Å²) in [6.45, 7) is 0. The average Bonchev–Trinajstić information content (AvgIpc) is 2.39. The molecule has 3 aromatic rings. The summed E-state index contributed by atoms with van der Waals surface area (Å²) in [6.07, 6.45) is 0. The topological polar surface area (TPSA) is 77.8 Å². The fraction of sp³-hybridized carbons (Fsp3) is 0. The summed E-state index contributed by atoms with van der Waals surface area (Å²) in [5.74, 6) is 1.08. The van der Waals surface area contributed by atoms with Gasteiger partial charge in [0.15, 0.2) is 5.82 Å². The molecule has 0 aliphatic carbocycles. The van der Waals surface area contributed by atoms with E-state index < -0.39 is 0 Å². The van der Waals surface area contributed by atoms with E-state index in [1.54, 1.807) is 0 Å². The molecule has 4 heteroatoms. The van der Waals surface area contributed by atoms with Gasteiger partial charge in [-0.25, -0.2) is 9.97 Å². The van der Waals surface area contributed by atoms with E-state index in [0.29, 0.717) is 17.3 Å². The Labute approximate surface area is 104 Å². The fourth-order valence-corrected chi connectivity index (χ4v) is 1.91. The quantitative estimate of drug-likeness (QED) is 0.636. The molecule has 18 heavy (non-hydrogen) atoms. The first-order chi connectivity index (χ1) is 8.74. The first-order valence-electron chi connectivity index (χ1n) is 5.62. The standard InChI is InChI=1S/C14H12N4/c15-10-5-3-4-9(8-10)14-17-12-7-2-1-6-11(12)13(16)18-14/h1-8H,15H2,(H2,16,17,18). The number of hydrogen-bond donors (Lipinski definition) is 2. The van der Waals surface area contributed by atoms with Crippen LogP contribution in [-0.2, 0) is 0 Å². The molecule has 0 radical (unpaired) electrons. The molecule has 88 valence electrons. The van der Waals surface area contributed by atoms with Crippen molar-refractivity contribution in [3.05, 3.63) is 48.5 Å². The van der Waals surface area contributed by atoms with Crippen LogP contribution >= 0.6 is 0 Å². The van der Waals surface area contributed by atoms with Gasteiger partial charge in [-0.3, -0.25) is 0 Å². The minimum atomic E-state index is 0.484. The summed E-state index contributed by atoms with van der Waals surface area (Å²) in [5, 5.41) is 0.866. The summed E-state index contributed by atoms with van der Waals surface area (Å²) in [7, 11) is 0. The van der Waals surface area contributed by atoms with Gasteiger partial charge in [0.1, 0.15) is 5.82 Å². The Balaban J connectivity index is 2.24. The lowest BCUT2D eigenvalue weighted by atomic mass is 10.1. The normalized spacial score (nSPS) is 10.7. The summed E-state index contributed by atoms with van der Waals surface area (Å²) in [4.78, 5) is 8.82. The minimum Gasteiger partial charge on any atom is -0.399 e. The third kappa shape index (κ3) is 1.73. The molecule has 0 aliphatic rings. The highest BCUT2D eigenvalue weighted by Crippen LogP contribution is 2.23. The third-order valence-corrected chi connectivity index (χ3v) is 2.78. The first kappa shape index (κ1) is 10.5. The zero-order valence-corrected chi connectivity index (χ0v) is 9.67. The minimum absolute atomic E-state index is 0.484. The molecule has 0 atom stereocenters. The second-order valence-electron chi connectivity index (χ2n) is 4.08. The maximum atomic E-state index is 5.95. The molecule has 0 fully saturated rings. The van der Waals surface area contributed by atoms with E-state index in [-0.39, 0.29) is 0 Å². The van der Waals surface area contributed by atoms with Crippen molar-refractivity contribution in [2.75, 3.05) is 11.5 Å². The van der Waals surface area contributed by atoms with Crippen LogP contribution in [0.25, 0.3) is 22.3 Å². The number of para-hydroxylation sites is 1. The van der Waals surface area contributed by atoms with E-state index in [1.807, 2.05) is 48.5 Å². The molecule has 4 nitrogen and oxygen atoms in total. The summed E-state index contributed by atoms with van der Waals surface area (Å²) >= 11 is 0. The van der Waals surface area contributed by atoms with E-state index in [4.69, 9.17) is 11.5 Å². The van der Waals surface area contributed by atoms with Gasteiger partial charge in [0, 0.05) is 16.6 Å². The van der Waals surface area contributed by atoms with Crippen molar-refractivity contribution < 1.29 is 0 Å². The van der Waals surface area contributed by atoms with Gasteiger partial charge in [-0.05, 0) is 24.3 Å². The number of aromatic nitrogens is 2. The van der Waals surface area contributed by atoms with Crippen molar-refractivity contribution in [2.45, 2.75) is 0 Å².